The first kappa shape index (κ1) is 11.6. The summed E-state index contributed by atoms with van der Waals surface area (Å²) in [4.78, 5) is 20.9. The Morgan fingerprint density at radius 3 is 2.14 bits per heavy atom. The molecule has 4 nitrogen and oxygen atoms in total. The van der Waals surface area contributed by atoms with Crippen LogP contribution in [0.4, 0.5) is 0 Å². The van der Waals surface area contributed by atoms with Crippen LogP contribution in [0.15, 0.2) is 0 Å². The summed E-state index contributed by atoms with van der Waals surface area (Å²) in [5.74, 6) is -1.66. The van der Waals surface area contributed by atoms with Crippen LogP contribution in [0.2, 0.25) is 0 Å². The minimum absolute atomic E-state index is 0.439. The van der Waals surface area contributed by atoms with Crippen LogP contribution in [0.1, 0.15) is 25.7 Å². The fraction of sp³-hybridized carbons (Fsp3) is 0.750. The van der Waals surface area contributed by atoms with Crippen LogP contribution >= 0.6 is 23.2 Å². The van der Waals surface area contributed by atoms with Crippen LogP contribution in [0.25, 0.3) is 0 Å². The second-order valence-electron chi connectivity index (χ2n) is 3.38. The molecule has 0 saturated heterocycles. The van der Waals surface area contributed by atoms with Crippen molar-refractivity contribution in [1.82, 2.24) is 5.32 Å². The van der Waals surface area contributed by atoms with Gasteiger partial charge in [-0.1, -0.05) is 36.0 Å². The Hall–Kier alpha value is -0.480. The van der Waals surface area contributed by atoms with E-state index in [0.29, 0.717) is 12.8 Å². The van der Waals surface area contributed by atoms with Crippen molar-refractivity contribution in [1.29, 1.82) is 0 Å². The zero-order valence-corrected chi connectivity index (χ0v) is 8.94. The van der Waals surface area contributed by atoms with E-state index in [1.807, 2.05) is 0 Å². The number of carbonyl (C=O) groups excluding carboxylic acids is 1. The average Bonchev–Trinajstić information content (AvgIpc) is 2.53. The van der Waals surface area contributed by atoms with Gasteiger partial charge in [0.2, 0.25) is 0 Å². The van der Waals surface area contributed by atoms with E-state index < -0.39 is 22.3 Å². The lowest BCUT2D eigenvalue weighted by molar-refractivity contribution is -0.147. The molecule has 0 unspecified atom stereocenters. The lowest BCUT2D eigenvalue weighted by Crippen LogP contribution is -2.53. The zero-order chi connectivity index (χ0) is 10.8. The van der Waals surface area contributed by atoms with Gasteiger partial charge in [0.1, 0.15) is 5.54 Å². The maximum absolute atomic E-state index is 11.2. The van der Waals surface area contributed by atoms with Gasteiger partial charge in [0.15, 0.2) is 4.84 Å². The second kappa shape index (κ2) is 4.36. The first-order valence-electron chi connectivity index (χ1n) is 4.31. The highest BCUT2D eigenvalue weighted by Gasteiger charge is 2.43. The Kier molecular flexibility index (Phi) is 3.61. The molecule has 0 bridgehead atoms. The molecular weight excluding hydrogens is 229 g/mol. The van der Waals surface area contributed by atoms with Crippen LogP contribution in [-0.2, 0) is 9.59 Å². The van der Waals surface area contributed by atoms with Crippen LogP contribution in [0.3, 0.4) is 0 Å². The molecule has 1 rings (SSSR count). The van der Waals surface area contributed by atoms with E-state index in [4.69, 9.17) is 28.3 Å². The molecule has 1 amide bonds. The molecule has 6 heteroatoms. The average molecular weight is 240 g/mol. The number of carboxylic acids is 1. The van der Waals surface area contributed by atoms with Crippen LogP contribution in [-0.4, -0.2) is 27.4 Å². The number of carbonyl (C=O) groups is 2. The number of rotatable bonds is 3. The van der Waals surface area contributed by atoms with Crippen molar-refractivity contribution < 1.29 is 14.7 Å². The van der Waals surface area contributed by atoms with Crippen molar-refractivity contribution in [3.05, 3.63) is 0 Å². The maximum Gasteiger partial charge on any atom is 0.329 e. The summed E-state index contributed by atoms with van der Waals surface area (Å²) >= 11 is 10.7. The third-order valence-corrected chi connectivity index (χ3v) is 2.82. The molecule has 0 radical (unpaired) electrons. The summed E-state index contributed by atoms with van der Waals surface area (Å²) < 4.78 is 0. The fourth-order valence-corrected chi connectivity index (χ4v) is 1.77. The molecule has 0 atom stereocenters. The summed E-state index contributed by atoms with van der Waals surface area (Å²) in [5, 5.41) is 11.4. The van der Waals surface area contributed by atoms with E-state index in [1.54, 1.807) is 0 Å². The second-order valence-corrected chi connectivity index (χ2v) is 4.48. The van der Waals surface area contributed by atoms with E-state index in [-0.39, 0.29) is 0 Å². The Balaban J connectivity index is 2.70. The fourth-order valence-electron chi connectivity index (χ4n) is 1.66. The lowest BCUT2D eigenvalue weighted by atomic mass is 9.98. The highest BCUT2D eigenvalue weighted by molar-refractivity contribution is 6.53. The summed E-state index contributed by atoms with van der Waals surface area (Å²) in [7, 11) is 0. The molecule has 2 N–H and O–H groups in total. The van der Waals surface area contributed by atoms with E-state index in [1.165, 1.54) is 0 Å². The third-order valence-electron chi connectivity index (χ3n) is 2.43. The topological polar surface area (TPSA) is 66.4 Å². The smallest absolute Gasteiger partial charge is 0.329 e. The number of aliphatic carboxylic acids is 1. The van der Waals surface area contributed by atoms with Gasteiger partial charge in [0.25, 0.3) is 5.91 Å². The molecular formula is C8H11Cl2NO3. The van der Waals surface area contributed by atoms with E-state index in [2.05, 4.69) is 5.32 Å². The number of hydrogen-bond donors (Lipinski definition) is 2. The van der Waals surface area contributed by atoms with Crippen molar-refractivity contribution in [2.24, 2.45) is 0 Å². The van der Waals surface area contributed by atoms with Crippen LogP contribution in [0.5, 0.6) is 0 Å². The highest BCUT2D eigenvalue weighted by Crippen LogP contribution is 2.30. The minimum Gasteiger partial charge on any atom is -0.480 e. The molecule has 0 spiro atoms. The molecule has 1 aliphatic rings. The Morgan fingerprint density at radius 2 is 1.79 bits per heavy atom. The highest BCUT2D eigenvalue weighted by atomic mass is 35.5. The van der Waals surface area contributed by atoms with Crippen molar-refractivity contribution >= 4 is 35.1 Å². The van der Waals surface area contributed by atoms with Gasteiger partial charge in [-0.25, -0.2) is 4.79 Å². The van der Waals surface area contributed by atoms with Crippen LogP contribution < -0.4 is 5.32 Å². The van der Waals surface area contributed by atoms with Gasteiger partial charge in [-0.15, -0.1) is 0 Å². The van der Waals surface area contributed by atoms with Gasteiger partial charge in [0.05, 0.1) is 0 Å². The summed E-state index contributed by atoms with van der Waals surface area (Å²) in [6.07, 6.45) is 2.47. The van der Waals surface area contributed by atoms with E-state index in [0.717, 1.165) is 12.8 Å². The number of hydrogen-bond acceptors (Lipinski definition) is 2. The van der Waals surface area contributed by atoms with E-state index >= 15 is 0 Å². The quantitative estimate of drug-likeness (QED) is 0.730. The molecule has 0 aromatic rings. The normalized spacial score (nSPS) is 19.6. The maximum atomic E-state index is 11.2. The van der Waals surface area contributed by atoms with Crippen molar-refractivity contribution in [2.75, 3.05) is 0 Å². The van der Waals surface area contributed by atoms with Crippen molar-refractivity contribution in [3.8, 4) is 0 Å². The molecule has 1 aliphatic carbocycles. The standard InChI is InChI=1S/C8H11Cl2NO3/c9-5(10)6(12)11-8(7(13)14)3-1-2-4-8/h5H,1-4H2,(H,11,12)(H,13,14). The first-order chi connectivity index (χ1) is 6.48. The largest absolute Gasteiger partial charge is 0.480 e. The Bertz CT molecular complexity index is 249. The molecule has 1 saturated carbocycles. The molecule has 0 heterocycles. The van der Waals surface area contributed by atoms with Crippen molar-refractivity contribution in [3.63, 3.8) is 0 Å². The van der Waals surface area contributed by atoms with Gasteiger partial charge < -0.3 is 10.4 Å². The summed E-state index contributed by atoms with van der Waals surface area (Å²) in [5.41, 5.74) is -1.15. The van der Waals surface area contributed by atoms with Gasteiger partial charge in [-0.2, -0.15) is 0 Å². The predicted molar refractivity (Wildman–Crippen MR) is 52.5 cm³/mol. The molecule has 0 aliphatic heterocycles. The number of halogens is 2. The molecule has 14 heavy (non-hydrogen) atoms. The number of nitrogens with one attached hydrogen (secondary N) is 1. The third kappa shape index (κ3) is 2.30. The zero-order valence-electron chi connectivity index (χ0n) is 7.43. The van der Waals surface area contributed by atoms with Gasteiger partial charge >= 0.3 is 5.97 Å². The van der Waals surface area contributed by atoms with E-state index in [9.17, 15) is 9.59 Å². The number of amides is 1. The van der Waals surface area contributed by atoms with Gasteiger partial charge in [-0.3, -0.25) is 4.79 Å². The van der Waals surface area contributed by atoms with Gasteiger partial charge in [0, 0.05) is 0 Å². The van der Waals surface area contributed by atoms with Gasteiger partial charge in [-0.05, 0) is 12.8 Å². The number of alkyl halides is 2. The molecule has 0 aromatic heterocycles. The van der Waals surface area contributed by atoms with Crippen LogP contribution in [0, 0.1) is 0 Å². The molecule has 0 aromatic carbocycles. The summed E-state index contributed by atoms with van der Waals surface area (Å²) in [6.45, 7) is 0. The molecule has 80 valence electrons. The monoisotopic (exact) mass is 239 g/mol. The minimum atomic E-state index is -1.22. The summed E-state index contributed by atoms with van der Waals surface area (Å²) in [6, 6.07) is 0. The first-order valence-corrected chi connectivity index (χ1v) is 5.19. The molecule has 1 fully saturated rings. The Labute approximate surface area is 91.6 Å². The lowest BCUT2D eigenvalue weighted by Gasteiger charge is -2.25. The number of carboxylic acid groups (broad SMARTS) is 1. The predicted octanol–water partition coefficient (Wildman–Crippen LogP) is 1.30. The SMILES string of the molecule is O=C(NC1(C(=O)O)CCCC1)C(Cl)Cl. The van der Waals surface area contributed by atoms with Crippen molar-refractivity contribution in [2.45, 2.75) is 36.1 Å². The Morgan fingerprint density at radius 1 is 1.29 bits per heavy atom.